The van der Waals surface area contributed by atoms with E-state index in [0.717, 1.165) is 37.3 Å². The summed E-state index contributed by atoms with van der Waals surface area (Å²) in [5.74, 6) is 0.328. The number of hydrogen-bond donors (Lipinski definition) is 2. The topological polar surface area (TPSA) is 66.1 Å². The third kappa shape index (κ3) is 4.93. The second kappa shape index (κ2) is 9.30. The van der Waals surface area contributed by atoms with Gasteiger partial charge in [0.2, 0.25) is 0 Å². The molecule has 3 aliphatic rings. The van der Waals surface area contributed by atoms with Crippen molar-refractivity contribution in [2.24, 2.45) is 11.0 Å². The summed E-state index contributed by atoms with van der Waals surface area (Å²) in [7, 11) is 0. The number of nitrogens with zero attached hydrogens (tertiary/aromatic N) is 3. The molecule has 1 aliphatic carbocycles. The first-order valence-corrected chi connectivity index (χ1v) is 11.5. The maximum atomic E-state index is 6.53. The van der Waals surface area contributed by atoms with Gasteiger partial charge >= 0.3 is 0 Å². The van der Waals surface area contributed by atoms with Gasteiger partial charge in [-0.15, -0.1) is 0 Å². The van der Waals surface area contributed by atoms with Crippen LogP contribution >= 0.6 is 46.4 Å². The molecule has 1 fully saturated rings. The highest BCUT2D eigenvalue weighted by Crippen LogP contribution is 2.37. The average molecular weight is 544 g/mol. The van der Waals surface area contributed by atoms with Gasteiger partial charge in [0.1, 0.15) is 4.99 Å². The second-order valence-corrected chi connectivity index (χ2v) is 9.32. The zero-order chi connectivity index (χ0) is 20.4. The Kier molecular flexibility index (Phi) is 6.75. The Hall–Kier alpha value is -1.20. The van der Waals surface area contributed by atoms with Gasteiger partial charge in [0, 0.05) is 34.7 Å². The lowest BCUT2D eigenvalue weighted by Gasteiger charge is -2.30. The molecule has 6 nitrogen and oxygen atoms in total. The fourth-order valence-electron chi connectivity index (χ4n) is 3.72. The molecule has 0 radical (unpaired) electrons. The van der Waals surface area contributed by atoms with Crippen LogP contribution in [0.25, 0.3) is 0 Å². The summed E-state index contributed by atoms with van der Waals surface area (Å²) in [5, 5.41) is 9.60. The molecule has 0 saturated carbocycles. The summed E-state index contributed by atoms with van der Waals surface area (Å²) in [6, 6.07) is 5.70. The molecule has 29 heavy (non-hydrogen) atoms. The van der Waals surface area contributed by atoms with Crippen LogP contribution < -0.4 is 16.2 Å². The van der Waals surface area contributed by atoms with E-state index >= 15 is 0 Å². The lowest BCUT2D eigenvalue weighted by Crippen LogP contribution is -2.49. The molecule has 3 N–H and O–H groups in total. The van der Waals surface area contributed by atoms with Gasteiger partial charge in [0.15, 0.2) is 0 Å². The highest BCUT2D eigenvalue weighted by atomic mass is 127. The maximum Gasteiger partial charge on any atom is 0.137 e. The minimum atomic E-state index is 0.146. The van der Waals surface area contributed by atoms with E-state index in [1.807, 2.05) is 17.1 Å². The van der Waals surface area contributed by atoms with Crippen LogP contribution in [0, 0.1) is 5.92 Å². The highest BCUT2D eigenvalue weighted by molar-refractivity contribution is 14.1. The molecule has 1 aromatic rings. The molecule has 0 spiro atoms. The van der Waals surface area contributed by atoms with Crippen molar-refractivity contribution in [1.29, 1.82) is 0 Å². The number of nitrogens with two attached hydrogens (primary N) is 1. The molecule has 2 atom stereocenters. The van der Waals surface area contributed by atoms with Crippen molar-refractivity contribution < 1.29 is 4.74 Å². The number of nitrogens with one attached hydrogen (secondary N) is 1. The second-order valence-electron chi connectivity index (χ2n) is 7.26. The number of nitrogen functional groups attached to an aromatic ring is 1. The summed E-state index contributed by atoms with van der Waals surface area (Å²) in [5.41, 5.74) is 11.6. The number of benzene rings is 1. The van der Waals surface area contributed by atoms with E-state index in [-0.39, 0.29) is 6.04 Å². The van der Waals surface area contributed by atoms with Crippen molar-refractivity contribution in [3.8, 4) is 0 Å². The zero-order valence-corrected chi connectivity index (χ0v) is 19.6. The van der Waals surface area contributed by atoms with Gasteiger partial charge < -0.3 is 15.9 Å². The molecule has 1 aromatic carbocycles. The molecule has 9 heteroatoms. The van der Waals surface area contributed by atoms with Crippen LogP contribution in [0.5, 0.6) is 0 Å². The molecule has 0 bridgehead atoms. The smallest absolute Gasteiger partial charge is 0.137 e. The quantitative estimate of drug-likeness (QED) is 0.341. The Morgan fingerprint density at radius 2 is 2.14 bits per heavy atom. The van der Waals surface area contributed by atoms with Gasteiger partial charge in [-0.25, -0.2) is 5.01 Å². The van der Waals surface area contributed by atoms with Crippen molar-refractivity contribution in [1.82, 2.24) is 10.4 Å². The third-order valence-corrected chi connectivity index (χ3v) is 6.71. The molecule has 154 valence electrons. The van der Waals surface area contributed by atoms with Gasteiger partial charge in [-0.05, 0) is 47.2 Å². The van der Waals surface area contributed by atoms with Crippen LogP contribution in [0.15, 0.2) is 45.1 Å². The standard InChI is InChI=1S/C20H23ClIN5OS/c21-16-11-15(23)5-6-18(16)27-19(13-1-3-14(22)4-2-13)12-17(24-27)20(29)25-26-7-9-28-10-8-26/h1,3-6,11,13,19H,2,7-10,12,23H2,(H,25,29). The van der Waals surface area contributed by atoms with E-state index in [1.54, 1.807) is 6.07 Å². The summed E-state index contributed by atoms with van der Waals surface area (Å²) >= 11 is 14.6. The van der Waals surface area contributed by atoms with Gasteiger partial charge in [-0.3, -0.25) is 5.01 Å². The van der Waals surface area contributed by atoms with Crippen LogP contribution in [-0.4, -0.2) is 48.1 Å². The number of halogens is 2. The van der Waals surface area contributed by atoms with E-state index in [1.165, 1.54) is 3.58 Å². The van der Waals surface area contributed by atoms with Crippen LogP contribution in [0.1, 0.15) is 12.8 Å². The molecular formula is C20H23ClIN5OS. The van der Waals surface area contributed by atoms with E-state index in [2.05, 4.69) is 51.3 Å². The molecule has 0 amide bonds. The van der Waals surface area contributed by atoms with Gasteiger partial charge in [-0.1, -0.05) is 42.0 Å². The van der Waals surface area contributed by atoms with Crippen molar-refractivity contribution in [2.45, 2.75) is 18.9 Å². The summed E-state index contributed by atoms with van der Waals surface area (Å²) in [6.45, 7) is 3.02. The Bertz CT molecular complexity index is 884. The van der Waals surface area contributed by atoms with E-state index in [4.69, 9.17) is 39.4 Å². The minimum absolute atomic E-state index is 0.146. The van der Waals surface area contributed by atoms with Crippen molar-refractivity contribution in [2.75, 3.05) is 37.0 Å². The molecular weight excluding hydrogens is 521 g/mol. The third-order valence-electron chi connectivity index (χ3n) is 5.28. The number of thiocarbonyl (C=S) groups is 1. The molecule has 2 heterocycles. The van der Waals surface area contributed by atoms with Crippen LogP contribution in [0.3, 0.4) is 0 Å². The fourth-order valence-corrected chi connectivity index (χ4v) is 4.71. The molecule has 2 aliphatic heterocycles. The Morgan fingerprint density at radius 1 is 1.34 bits per heavy atom. The molecule has 1 saturated heterocycles. The maximum absolute atomic E-state index is 6.53. The fraction of sp³-hybridized carbons (Fsp3) is 0.400. The zero-order valence-electron chi connectivity index (χ0n) is 15.9. The first-order valence-electron chi connectivity index (χ1n) is 9.60. The highest BCUT2D eigenvalue weighted by Gasteiger charge is 2.36. The number of allylic oxidation sites excluding steroid dienone is 3. The van der Waals surface area contributed by atoms with Gasteiger partial charge in [0.25, 0.3) is 0 Å². The van der Waals surface area contributed by atoms with Gasteiger partial charge in [-0.2, -0.15) is 5.10 Å². The number of hydrazone groups is 1. The predicted molar refractivity (Wildman–Crippen MR) is 132 cm³/mol. The number of hydrogen-bond acceptors (Lipinski definition) is 6. The Balaban J connectivity index is 1.58. The summed E-state index contributed by atoms with van der Waals surface area (Å²) < 4.78 is 6.67. The van der Waals surface area contributed by atoms with Gasteiger partial charge in [0.05, 0.1) is 35.7 Å². The Labute approximate surface area is 194 Å². The number of rotatable bonds is 4. The normalized spacial score (nSPS) is 25.0. The van der Waals surface area contributed by atoms with Crippen molar-refractivity contribution in [3.05, 3.63) is 45.0 Å². The van der Waals surface area contributed by atoms with Crippen LogP contribution in [0.2, 0.25) is 5.02 Å². The number of morpholine rings is 1. The summed E-state index contributed by atoms with van der Waals surface area (Å²) in [4.78, 5) is 0.663. The first kappa shape index (κ1) is 21.0. The van der Waals surface area contributed by atoms with Crippen molar-refractivity contribution in [3.63, 3.8) is 0 Å². The first-order chi connectivity index (χ1) is 14.0. The molecule has 2 unspecified atom stereocenters. The van der Waals surface area contributed by atoms with E-state index in [0.29, 0.717) is 34.8 Å². The predicted octanol–water partition coefficient (Wildman–Crippen LogP) is 3.92. The van der Waals surface area contributed by atoms with Crippen LogP contribution in [0.4, 0.5) is 11.4 Å². The van der Waals surface area contributed by atoms with Crippen LogP contribution in [-0.2, 0) is 4.74 Å². The van der Waals surface area contributed by atoms with E-state index < -0.39 is 0 Å². The summed E-state index contributed by atoms with van der Waals surface area (Å²) in [6.07, 6.45) is 8.42. The van der Waals surface area contributed by atoms with E-state index in [9.17, 15) is 0 Å². The lowest BCUT2D eigenvalue weighted by molar-refractivity contribution is 0.0255. The largest absolute Gasteiger partial charge is 0.399 e. The monoisotopic (exact) mass is 543 g/mol. The molecule has 0 aromatic heterocycles. The number of hydrazine groups is 1. The Morgan fingerprint density at radius 3 is 2.83 bits per heavy atom. The lowest BCUT2D eigenvalue weighted by atomic mass is 9.89. The number of anilines is 2. The SMILES string of the molecule is Nc1ccc(N2N=C(C(=S)NN3CCOCC3)CC2C2C=CC(I)=CC2)c(Cl)c1. The van der Waals surface area contributed by atoms with Crippen molar-refractivity contribution >= 4 is 68.5 Å². The average Bonchev–Trinajstić information content (AvgIpc) is 3.14. The number of ether oxygens (including phenoxy) is 1. The molecule has 4 rings (SSSR count). The minimum Gasteiger partial charge on any atom is -0.399 e.